The number of morpholine rings is 1. The smallest absolute Gasteiger partial charge is 0.222 e. The van der Waals surface area contributed by atoms with E-state index in [4.69, 9.17) is 10.00 Å². The number of hydrogen-bond acceptors (Lipinski definition) is 4. The van der Waals surface area contributed by atoms with Gasteiger partial charge in [-0.15, -0.1) is 0 Å². The number of nitriles is 1. The van der Waals surface area contributed by atoms with Crippen LogP contribution >= 0.6 is 0 Å². The standard InChI is InChI=1S/C19H27N3O2/c1-17-4-2-5-18(16-17)6-7-19(23)22(9-3-8-20)11-10-21-12-14-24-15-13-21/h2,4-5,16H,3,6-7,9-15H2,1H3. The first-order valence-electron chi connectivity index (χ1n) is 8.69. The van der Waals surface area contributed by atoms with E-state index in [1.807, 2.05) is 11.0 Å². The molecule has 5 heteroatoms. The van der Waals surface area contributed by atoms with Gasteiger partial charge in [-0.05, 0) is 18.9 Å². The van der Waals surface area contributed by atoms with Gasteiger partial charge in [-0.2, -0.15) is 5.26 Å². The Morgan fingerprint density at radius 1 is 1.33 bits per heavy atom. The minimum atomic E-state index is 0.139. The maximum atomic E-state index is 12.6. The molecule has 1 aromatic rings. The van der Waals surface area contributed by atoms with Crippen LogP contribution in [0, 0.1) is 18.3 Å². The molecule has 0 aliphatic carbocycles. The Morgan fingerprint density at radius 3 is 2.83 bits per heavy atom. The van der Waals surface area contributed by atoms with Gasteiger partial charge in [0.05, 0.1) is 25.7 Å². The molecule has 0 saturated carbocycles. The number of nitrogens with zero attached hydrogens (tertiary/aromatic N) is 3. The van der Waals surface area contributed by atoms with E-state index < -0.39 is 0 Å². The summed E-state index contributed by atoms with van der Waals surface area (Å²) >= 11 is 0. The first-order chi connectivity index (χ1) is 11.7. The van der Waals surface area contributed by atoms with Crippen LogP contribution in [0.1, 0.15) is 24.0 Å². The minimum absolute atomic E-state index is 0.139. The van der Waals surface area contributed by atoms with Crippen molar-refractivity contribution in [3.8, 4) is 6.07 Å². The van der Waals surface area contributed by atoms with E-state index in [9.17, 15) is 4.79 Å². The lowest BCUT2D eigenvalue weighted by atomic mass is 10.1. The van der Waals surface area contributed by atoms with Gasteiger partial charge in [0.2, 0.25) is 5.91 Å². The molecule has 5 nitrogen and oxygen atoms in total. The van der Waals surface area contributed by atoms with Crippen molar-refractivity contribution in [2.24, 2.45) is 0 Å². The van der Waals surface area contributed by atoms with Crippen molar-refractivity contribution in [1.29, 1.82) is 5.26 Å². The Balaban J connectivity index is 1.83. The fourth-order valence-electron chi connectivity index (χ4n) is 2.91. The Bertz CT molecular complexity index is 562. The monoisotopic (exact) mass is 329 g/mol. The van der Waals surface area contributed by atoms with Gasteiger partial charge >= 0.3 is 0 Å². The largest absolute Gasteiger partial charge is 0.379 e. The fraction of sp³-hybridized carbons (Fsp3) is 0.579. The van der Waals surface area contributed by atoms with E-state index in [0.717, 1.165) is 39.3 Å². The van der Waals surface area contributed by atoms with E-state index in [-0.39, 0.29) is 5.91 Å². The first kappa shape index (κ1) is 18.4. The van der Waals surface area contributed by atoms with Gasteiger partial charge < -0.3 is 9.64 Å². The van der Waals surface area contributed by atoms with Crippen molar-refractivity contribution in [1.82, 2.24) is 9.80 Å². The molecule has 1 heterocycles. The fourth-order valence-corrected chi connectivity index (χ4v) is 2.91. The quantitative estimate of drug-likeness (QED) is 0.732. The number of carbonyl (C=O) groups is 1. The molecule has 1 aliphatic heterocycles. The van der Waals surface area contributed by atoms with Gasteiger partial charge in [0.15, 0.2) is 0 Å². The molecule has 24 heavy (non-hydrogen) atoms. The topological polar surface area (TPSA) is 56.6 Å². The van der Waals surface area contributed by atoms with Gasteiger partial charge in [-0.25, -0.2) is 0 Å². The van der Waals surface area contributed by atoms with Crippen molar-refractivity contribution in [3.63, 3.8) is 0 Å². The summed E-state index contributed by atoms with van der Waals surface area (Å²) in [7, 11) is 0. The zero-order valence-electron chi connectivity index (χ0n) is 14.5. The van der Waals surface area contributed by atoms with Crippen LogP contribution in [0.15, 0.2) is 24.3 Å². The molecule has 2 rings (SSSR count). The van der Waals surface area contributed by atoms with Crippen LogP contribution in [0.25, 0.3) is 0 Å². The number of rotatable bonds is 8. The molecule has 1 amide bonds. The maximum Gasteiger partial charge on any atom is 0.222 e. The lowest BCUT2D eigenvalue weighted by molar-refractivity contribution is -0.131. The second-order valence-electron chi connectivity index (χ2n) is 6.23. The van der Waals surface area contributed by atoms with E-state index in [1.165, 1.54) is 11.1 Å². The number of hydrogen-bond donors (Lipinski definition) is 0. The van der Waals surface area contributed by atoms with Gasteiger partial charge in [-0.1, -0.05) is 29.8 Å². The SMILES string of the molecule is Cc1cccc(CCC(=O)N(CCC#N)CCN2CCOCC2)c1. The molecule has 0 bridgehead atoms. The van der Waals surface area contributed by atoms with Gasteiger partial charge in [0.25, 0.3) is 0 Å². The van der Waals surface area contributed by atoms with Gasteiger partial charge in [-0.3, -0.25) is 9.69 Å². The average Bonchev–Trinajstić information content (AvgIpc) is 2.61. The molecule has 0 unspecified atom stereocenters. The predicted octanol–water partition coefficient (Wildman–Crippen LogP) is 2.00. The van der Waals surface area contributed by atoms with E-state index >= 15 is 0 Å². The first-order valence-corrected chi connectivity index (χ1v) is 8.69. The van der Waals surface area contributed by atoms with E-state index in [0.29, 0.717) is 25.9 Å². The molecule has 0 radical (unpaired) electrons. The summed E-state index contributed by atoms with van der Waals surface area (Å²) < 4.78 is 5.35. The zero-order chi connectivity index (χ0) is 17.2. The summed E-state index contributed by atoms with van der Waals surface area (Å²) in [5.74, 6) is 0.139. The highest BCUT2D eigenvalue weighted by atomic mass is 16.5. The third kappa shape index (κ3) is 6.31. The van der Waals surface area contributed by atoms with Crippen molar-refractivity contribution in [2.45, 2.75) is 26.2 Å². The molecular weight excluding hydrogens is 302 g/mol. The third-order valence-electron chi connectivity index (χ3n) is 4.35. The van der Waals surface area contributed by atoms with Crippen LogP contribution in [-0.2, 0) is 16.0 Å². The van der Waals surface area contributed by atoms with Crippen LogP contribution < -0.4 is 0 Å². The van der Waals surface area contributed by atoms with Crippen molar-refractivity contribution >= 4 is 5.91 Å². The van der Waals surface area contributed by atoms with E-state index in [1.54, 1.807) is 0 Å². The highest BCUT2D eigenvalue weighted by Gasteiger charge is 2.16. The second kappa shape index (κ2) is 10.1. The predicted molar refractivity (Wildman–Crippen MR) is 93.6 cm³/mol. The van der Waals surface area contributed by atoms with Crippen LogP contribution in [0.2, 0.25) is 0 Å². The van der Waals surface area contributed by atoms with Gasteiger partial charge in [0, 0.05) is 39.1 Å². The molecule has 0 spiro atoms. The molecule has 1 saturated heterocycles. The summed E-state index contributed by atoms with van der Waals surface area (Å²) in [5, 5.41) is 8.84. The third-order valence-corrected chi connectivity index (χ3v) is 4.35. The summed E-state index contributed by atoms with van der Waals surface area (Å²) in [6, 6.07) is 10.4. The highest BCUT2D eigenvalue weighted by Crippen LogP contribution is 2.09. The Labute approximate surface area is 144 Å². The normalized spacial score (nSPS) is 15.0. The minimum Gasteiger partial charge on any atom is -0.379 e. The summed E-state index contributed by atoms with van der Waals surface area (Å²) in [6.45, 7) is 7.49. The summed E-state index contributed by atoms with van der Waals surface area (Å²) in [4.78, 5) is 16.7. The van der Waals surface area contributed by atoms with Crippen LogP contribution in [0.4, 0.5) is 0 Å². The average molecular weight is 329 g/mol. The maximum absolute atomic E-state index is 12.6. The second-order valence-corrected chi connectivity index (χ2v) is 6.23. The van der Waals surface area contributed by atoms with Crippen molar-refractivity contribution in [2.75, 3.05) is 45.9 Å². The highest BCUT2D eigenvalue weighted by molar-refractivity contribution is 5.76. The summed E-state index contributed by atoms with van der Waals surface area (Å²) in [5.41, 5.74) is 2.41. The summed E-state index contributed by atoms with van der Waals surface area (Å²) in [6.07, 6.45) is 1.64. The number of ether oxygens (including phenoxy) is 1. The van der Waals surface area contributed by atoms with Crippen molar-refractivity contribution in [3.05, 3.63) is 35.4 Å². The van der Waals surface area contributed by atoms with Crippen molar-refractivity contribution < 1.29 is 9.53 Å². The van der Waals surface area contributed by atoms with Gasteiger partial charge in [0.1, 0.15) is 0 Å². The molecule has 0 atom stereocenters. The number of carbonyl (C=O) groups excluding carboxylic acids is 1. The number of benzene rings is 1. The van der Waals surface area contributed by atoms with Crippen LogP contribution in [0.5, 0.6) is 0 Å². The van der Waals surface area contributed by atoms with Crippen LogP contribution in [-0.4, -0.2) is 61.6 Å². The molecule has 1 aromatic carbocycles. The lowest BCUT2D eigenvalue weighted by Gasteiger charge is -2.30. The molecule has 1 fully saturated rings. The van der Waals surface area contributed by atoms with Crippen LogP contribution in [0.3, 0.4) is 0 Å². The Morgan fingerprint density at radius 2 is 2.12 bits per heavy atom. The lowest BCUT2D eigenvalue weighted by Crippen LogP contribution is -2.43. The number of amides is 1. The molecule has 1 aliphatic rings. The molecular formula is C19H27N3O2. The Kier molecular flexibility index (Phi) is 7.73. The molecule has 0 N–H and O–H groups in total. The molecule has 130 valence electrons. The Hall–Kier alpha value is -1.90. The number of aryl methyl sites for hydroxylation is 2. The molecule has 0 aromatic heterocycles. The van der Waals surface area contributed by atoms with E-state index in [2.05, 4.69) is 36.1 Å². The zero-order valence-corrected chi connectivity index (χ0v) is 14.5.